The van der Waals surface area contributed by atoms with Gasteiger partial charge in [-0.05, 0) is 62.0 Å². The number of amides is 1. The maximum Gasteiger partial charge on any atom is 0.407 e. The summed E-state index contributed by atoms with van der Waals surface area (Å²) >= 11 is 0. The lowest BCUT2D eigenvalue weighted by molar-refractivity contribution is 0.128. The zero-order valence-electron chi connectivity index (χ0n) is 23.2. The summed E-state index contributed by atoms with van der Waals surface area (Å²) in [6.45, 7) is 8.65. The molecular formula is C30H40N4O4. The molecule has 204 valence electrons. The molecule has 2 unspecified atom stereocenters. The molecule has 0 radical (unpaired) electrons. The van der Waals surface area contributed by atoms with E-state index in [9.17, 15) is 9.59 Å². The van der Waals surface area contributed by atoms with Gasteiger partial charge < -0.3 is 19.7 Å². The van der Waals surface area contributed by atoms with Crippen molar-refractivity contribution in [2.45, 2.75) is 65.1 Å². The maximum atomic E-state index is 13.8. The minimum Gasteiger partial charge on any atom is -0.497 e. The van der Waals surface area contributed by atoms with E-state index in [1.165, 1.54) is 0 Å². The number of aromatic nitrogens is 2. The van der Waals surface area contributed by atoms with Gasteiger partial charge in [-0.1, -0.05) is 51.1 Å². The number of nitrogens with one attached hydrogen (secondary N) is 1. The molecular weight excluding hydrogens is 480 g/mol. The normalized spacial score (nSPS) is 18.3. The Labute approximate surface area is 225 Å². The van der Waals surface area contributed by atoms with E-state index in [2.05, 4.69) is 38.0 Å². The van der Waals surface area contributed by atoms with Crippen molar-refractivity contribution in [3.63, 3.8) is 0 Å². The van der Waals surface area contributed by atoms with Crippen LogP contribution in [0.15, 0.2) is 53.3 Å². The predicted octanol–water partition coefficient (Wildman–Crippen LogP) is 4.95. The Morgan fingerprint density at radius 1 is 1.16 bits per heavy atom. The lowest BCUT2D eigenvalue weighted by atomic mass is 9.85. The molecule has 1 N–H and O–H groups in total. The van der Waals surface area contributed by atoms with Crippen molar-refractivity contribution in [3.8, 4) is 5.75 Å². The van der Waals surface area contributed by atoms with Gasteiger partial charge in [0, 0.05) is 25.0 Å². The monoisotopic (exact) mass is 520 g/mol. The van der Waals surface area contributed by atoms with Crippen molar-refractivity contribution < 1.29 is 14.3 Å². The van der Waals surface area contributed by atoms with E-state index in [-0.39, 0.29) is 29.5 Å². The number of rotatable bonds is 8. The van der Waals surface area contributed by atoms with Crippen molar-refractivity contribution >= 4 is 17.0 Å². The fourth-order valence-corrected chi connectivity index (χ4v) is 5.30. The van der Waals surface area contributed by atoms with Crippen LogP contribution in [0.2, 0.25) is 0 Å². The minimum absolute atomic E-state index is 0.0339. The molecule has 1 fully saturated rings. The van der Waals surface area contributed by atoms with Gasteiger partial charge in [-0.25, -0.2) is 9.78 Å². The first-order valence-corrected chi connectivity index (χ1v) is 13.4. The Morgan fingerprint density at radius 3 is 2.63 bits per heavy atom. The molecule has 2 heterocycles. The van der Waals surface area contributed by atoms with E-state index in [4.69, 9.17) is 14.5 Å². The molecule has 0 spiro atoms. The van der Waals surface area contributed by atoms with Gasteiger partial charge in [0.25, 0.3) is 5.56 Å². The first-order chi connectivity index (χ1) is 18.2. The van der Waals surface area contributed by atoms with Crippen LogP contribution < -0.4 is 15.6 Å². The summed E-state index contributed by atoms with van der Waals surface area (Å²) in [7, 11) is 3.72. The Hall–Kier alpha value is -3.39. The van der Waals surface area contributed by atoms with E-state index in [1.54, 1.807) is 13.2 Å². The number of carbonyl (C=O) groups excluding carboxylic acids is 1. The lowest BCUT2D eigenvalue weighted by Gasteiger charge is -2.40. The molecule has 2 aromatic carbocycles. The van der Waals surface area contributed by atoms with E-state index in [0.717, 1.165) is 37.2 Å². The number of piperidine rings is 1. The average molecular weight is 521 g/mol. The van der Waals surface area contributed by atoms with Gasteiger partial charge in [0.05, 0.1) is 18.0 Å². The third kappa shape index (κ3) is 6.72. The topological polar surface area (TPSA) is 85.7 Å². The fraction of sp³-hybridized carbons (Fsp3) is 0.500. The van der Waals surface area contributed by atoms with E-state index in [0.29, 0.717) is 29.7 Å². The molecule has 0 aliphatic carbocycles. The summed E-state index contributed by atoms with van der Waals surface area (Å²) in [6.07, 6.45) is 2.27. The minimum atomic E-state index is -0.425. The number of nitrogens with zero attached hydrogens (tertiary/aromatic N) is 3. The second-order valence-electron chi connectivity index (χ2n) is 11.4. The number of likely N-dealkylation sites (tertiary alicyclic amines) is 1. The highest BCUT2D eigenvalue weighted by Crippen LogP contribution is 2.34. The Morgan fingerprint density at radius 2 is 1.92 bits per heavy atom. The van der Waals surface area contributed by atoms with Crippen LogP contribution in [0.4, 0.5) is 4.79 Å². The number of ether oxygens (including phenoxy) is 2. The van der Waals surface area contributed by atoms with Crippen molar-refractivity contribution in [2.24, 2.45) is 5.41 Å². The Balaban J connectivity index is 1.56. The third-order valence-electron chi connectivity index (χ3n) is 7.13. The van der Waals surface area contributed by atoms with Gasteiger partial charge in [-0.2, -0.15) is 0 Å². The number of benzene rings is 2. The molecule has 4 rings (SSSR count). The number of likely N-dealkylation sites (N-methyl/N-ethyl adjacent to an activating group) is 1. The van der Waals surface area contributed by atoms with Crippen molar-refractivity contribution in [2.75, 3.05) is 27.2 Å². The molecule has 1 aliphatic rings. The van der Waals surface area contributed by atoms with E-state index < -0.39 is 6.09 Å². The third-order valence-corrected chi connectivity index (χ3v) is 7.13. The quantitative estimate of drug-likeness (QED) is 0.453. The molecule has 8 nitrogen and oxygen atoms in total. The van der Waals surface area contributed by atoms with Crippen molar-refractivity contribution in [1.29, 1.82) is 0 Å². The Kier molecular flexibility index (Phi) is 8.72. The van der Waals surface area contributed by atoms with E-state index in [1.807, 2.05) is 47.0 Å². The highest BCUT2D eigenvalue weighted by atomic mass is 16.5. The van der Waals surface area contributed by atoms with Crippen LogP contribution in [-0.2, 0) is 17.9 Å². The summed E-state index contributed by atoms with van der Waals surface area (Å²) in [5.41, 5.74) is 1.50. The van der Waals surface area contributed by atoms with Crippen LogP contribution >= 0.6 is 0 Å². The smallest absolute Gasteiger partial charge is 0.407 e. The summed E-state index contributed by atoms with van der Waals surface area (Å²) in [6, 6.07) is 15.3. The molecule has 38 heavy (non-hydrogen) atoms. The van der Waals surface area contributed by atoms with Crippen LogP contribution in [0.3, 0.4) is 0 Å². The molecule has 0 bridgehead atoms. The van der Waals surface area contributed by atoms with Gasteiger partial charge >= 0.3 is 6.09 Å². The SMILES string of the molecule is COc1ccc2nc(C3CCCN(C)C3CCNC(=O)OCc3ccccc3)n(CC(C)(C)C)c(=O)c2c1. The average Bonchev–Trinajstić information content (AvgIpc) is 2.89. The zero-order valence-corrected chi connectivity index (χ0v) is 23.2. The fourth-order valence-electron chi connectivity index (χ4n) is 5.30. The highest BCUT2D eigenvalue weighted by Gasteiger charge is 2.34. The van der Waals surface area contributed by atoms with Crippen LogP contribution in [0.5, 0.6) is 5.75 Å². The highest BCUT2D eigenvalue weighted by molar-refractivity contribution is 5.79. The van der Waals surface area contributed by atoms with Crippen LogP contribution in [0.1, 0.15) is 57.3 Å². The first kappa shape index (κ1) is 27.6. The van der Waals surface area contributed by atoms with Gasteiger partial charge in [0.2, 0.25) is 0 Å². The standard InChI is InChI=1S/C30H40N4O4/c1-30(2,3)20-34-27(32-25-14-13-22(37-5)18-24(25)28(34)35)23-12-9-17-33(4)26(23)15-16-31-29(36)38-19-21-10-7-6-8-11-21/h6-8,10-11,13-14,18,23,26H,9,12,15-17,19-20H2,1-5H3,(H,31,36). The molecule has 0 saturated carbocycles. The van der Waals surface area contributed by atoms with Crippen LogP contribution in [0.25, 0.3) is 10.9 Å². The number of carbonyl (C=O) groups is 1. The second-order valence-corrected chi connectivity index (χ2v) is 11.4. The van der Waals surface area contributed by atoms with Gasteiger partial charge in [0.1, 0.15) is 18.2 Å². The predicted molar refractivity (Wildman–Crippen MR) is 150 cm³/mol. The second kappa shape index (κ2) is 12.0. The molecule has 8 heteroatoms. The number of fused-ring (bicyclic) bond motifs is 1. The zero-order chi connectivity index (χ0) is 27.3. The van der Waals surface area contributed by atoms with Gasteiger partial charge in [-0.3, -0.25) is 9.36 Å². The molecule has 3 aromatic rings. The number of hydrogen-bond acceptors (Lipinski definition) is 6. The molecule has 1 aliphatic heterocycles. The molecule has 1 amide bonds. The van der Waals surface area contributed by atoms with Crippen molar-refractivity contribution in [3.05, 3.63) is 70.3 Å². The van der Waals surface area contributed by atoms with Gasteiger partial charge in [-0.15, -0.1) is 0 Å². The van der Waals surface area contributed by atoms with Crippen molar-refractivity contribution in [1.82, 2.24) is 19.8 Å². The van der Waals surface area contributed by atoms with E-state index >= 15 is 0 Å². The van der Waals surface area contributed by atoms with Crippen LogP contribution in [0, 0.1) is 5.41 Å². The maximum absolute atomic E-state index is 13.8. The summed E-state index contributed by atoms with van der Waals surface area (Å²) < 4.78 is 12.6. The molecule has 1 aromatic heterocycles. The lowest BCUT2D eigenvalue weighted by Crippen LogP contribution is -2.46. The number of methoxy groups -OCH3 is 1. The molecule has 1 saturated heterocycles. The van der Waals surface area contributed by atoms with Crippen LogP contribution in [-0.4, -0.2) is 53.8 Å². The summed E-state index contributed by atoms with van der Waals surface area (Å²) in [5, 5.41) is 3.48. The number of hydrogen-bond donors (Lipinski definition) is 1. The number of alkyl carbamates (subject to hydrolysis) is 1. The van der Waals surface area contributed by atoms with Gasteiger partial charge in [0.15, 0.2) is 0 Å². The Bertz CT molecular complexity index is 1300. The summed E-state index contributed by atoms with van der Waals surface area (Å²) in [5.74, 6) is 1.54. The summed E-state index contributed by atoms with van der Waals surface area (Å²) in [4.78, 5) is 33.5. The first-order valence-electron chi connectivity index (χ1n) is 13.4. The largest absolute Gasteiger partial charge is 0.497 e. The molecule has 2 atom stereocenters.